The number of hydrogen-bond acceptors (Lipinski definition) is 4. The van der Waals surface area contributed by atoms with Crippen molar-refractivity contribution < 1.29 is 0 Å². The van der Waals surface area contributed by atoms with Crippen LogP contribution in [0.25, 0.3) is 5.57 Å². The van der Waals surface area contributed by atoms with Crippen molar-refractivity contribution in [2.75, 3.05) is 5.73 Å². The molecule has 1 aliphatic rings. The quantitative estimate of drug-likeness (QED) is 0.841. The molecule has 4 nitrogen and oxygen atoms in total. The van der Waals surface area contributed by atoms with Crippen LogP contribution in [0.15, 0.2) is 23.2 Å². The Bertz CT molecular complexity index is 530. The van der Waals surface area contributed by atoms with Crippen molar-refractivity contribution in [2.24, 2.45) is 10.4 Å². The van der Waals surface area contributed by atoms with E-state index in [-0.39, 0.29) is 11.0 Å². The third-order valence-corrected chi connectivity index (χ3v) is 3.19. The van der Waals surface area contributed by atoms with E-state index in [0.717, 1.165) is 12.1 Å². The average Bonchev–Trinajstić information content (AvgIpc) is 2.26. The first-order valence-electron chi connectivity index (χ1n) is 6.58. The van der Waals surface area contributed by atoms with E-state index in [1.165, 1.54) is 11.3 Å². The van der Waals surface area contributed by atoms with Crippen LogP contribution in [-0.4, -0.2) is 21.4 Å². The van der Waals surface area contributed by atoms with Gasteiger partial charge in [-0.15, -0.1) is 10.2 Å². The molecule has 0 amide bonds. The fourth-order valence-electron chi connectivity index (χ4n) is 2.19. The van der Waals surface area contributed by atoms with Crippen molar-refractivity contribution >= 4 is 17.1 Å². The first kappa shape index (κ1) is 13.7. The molecule has 1 aromatic rings. The van der Waals surface area contributed by atoms with Gasteiger partial charge in [-0.2, -0.15) is 0 Å². The summed E-state index contributed by atoms with van der Waals surface area (Å²) in [7, 11) is 0. The Morgan fingerprint density at radius 1 is 1.16 bits per heavy atom. The highest BCUT2D eigenvalue weighted by Gasteiger charge is 2.29. The lowest BCUT2D eigenvalue weighted by molar-refractivity contribution is 0.552. The van der Waals surface area contributed by atoms with Gasteiger partial charge in [0.25, 0.3) is 0 Å². The highest BCUT2D eigenvalue weighted by atomic mass is 15.1. The zero-order valence-electron chi connectivity index (χ0n) is 12.4. The van der Waals surface area contributed by atoms with Crippen LogP contribution in [0.5, 0.6) is 0 Å². The summed E-state index contributed by atoms with van der Waals surface area (Å²) in [6.07, 6.45) is 2.99. The molecule has 0 aromatic carbocycles. The maximum Gasteiger partial charge on any atom is 0.146 e. The smallest absolute Gasteiger partial charge is 0.146 e. The molecule has 0 saturated heterocycles. The second-order valence-corrected chi connectivity index (χ2v) is 6.65. The van der Waals surface area contributed by atoms with Gasteiger partial charge in [0, 0.05) is 17.5 Å². The van der Waals surface area contributed by atoms with Crippen molar-refractivity contribution in [2.45, 2.75) is 46.6 Å². The molecule has 0 atom stereocenters. The van der Waals surface area contributed by atoms with E-state index in [1.54, 1.807) is 6.07 Å². The Hall–Kier alpha value is -1.71. The topological polar surface area (TPSA) is 64.2 Å². The first-order chi connectivity index (χ1) is 8.67. The number of allylic oxidation sites excluding steroid dienone is 1. The molecule has 0 saturated carbocycles. The number of nitrogens with zero attached hydrogens (tertiary/aromatic N) is 3. The monoisotopic (exact) mass is 258 g/mol. The van der Waals surface area contributed by atoms with Crippen LogP contribution in [0.4, 0.5) is 5.82 Å². The van der Waals surface area contributed by atoms with E-state index in [9.17, 15) is 0 Å². The number of anilines is 1. The average molecular weight is 258 g/mol. The molecule has 2 heterocycles. The van der Waals surface area contributed by atoms with Crippen LogP contribution in [0.3, 0.4) is 0 Å². The third-order valence-electron chi connectivity index (χ3n) is 3.19. The molecule has 0 aliphatic carbocycles. The van der Waals surface area contributed by atoms with Crippen LogP contribution < -0.4 is 5.73 Å². The highest BCUT2D eigenvalue weighted by Crippen LogP contribution is 2.33. The molecule has 2 N–H and O–H groups in total. The van der Waals surface area contributed by atoms with Gasteiger partial charge in [-0.1, -0.05) is 26.8 Å². The normalized spacial score (nSPS) is 18.8. The van der Waals surface area contributed by atoms with Gasteiger partial charge in [-0.25, -0.2) is 0 Å². The van der Waals surface area contributed by atoms with Gasteiger partial charge in [0.05, 0.1) is 11.2 Å². The molecule has 1 aromatic heterocycles. The summed E-state index contributed by atoms with van der Waals surface area (Å²) < 4.78 is 0. The molecule has 19 heavy (non-hydrogen) atoms. The van der Waals surface area contributed by atoms with E-state index in [1.807, 2.05) is 6.07 Å². The fourth-order valence-corrected chi connectivity index (χ4v) is 2.19. The predicted molar refractivity (Wildman–Crippen MR) is 80.0 cm³/mol. The standard InChI is InChI=1S/C15H22N4/c1-14(2,3)12-8-10(9-15(4,5)17-12)11-6-7-13(16)19-18-11/h6-7,9H,8H2,1-5H3,(H2,16,19). The minimum Gasteiger partial charge on any atom is -0.382 e. The number of hydrogen-bond donors (Lipinski definition) is 1. The van der Waals surface area contributed by atoms with Gasteiger partial charge in [0.1, 0.15) is 5.82 Å². The molecule has 0 unspecified atom stereocenters. The lowest BCUT2D eigenvalue weighted by Gasteiger charge is -2.31. The highest BCUT2D eigenvalue weighted by molar-refractivity contribution is 5.99. The summed E-state index contributed by atoms with van der Waals surface area (Å²) >= 11 is 0. The zero-order valence-corrected chi connectivity index (χ0v) is 12.4. The van der Waals surface area contributed by atoms with E-state index in [4.69, 9.17) is 10.7 Å². The first-order valence-corrected chi connectivity index (χ1v) is 6.58. The fraction of sp³-hybridized carbons (Fsp3) is 0.533. The molecule has 4 heteroatoms. The van der Waals surface area contributed by atoms with Crippen molar-refractivity contribution in [1.29, 1.82) is 0 Å². The Labute approximate surface area is 114 Å². The van der Waals surface area contributed by atoms with Gasteiger partial charge in [0.2, 0.25) is 0 Å². The summed E-state index contributed by atoms with van der Waals surface area (Å²) in [4.78, 5) is 4.85. The maximum atomic E-state index is 5.59. The Morgan fingerprint density at radius 3 is 2.37 bits per heavy atom. The van der Waals surface area contributed by atoms with E-state index < -0.39 is 0 Å². The predicted octanol–water partition coefficient (Wildman–Crippen LogP) is 3.11. The summed E-state index contributed by atoms with van der Waals surface area (Å²) in [6, 6.07) is 3.72. The summed E-state index contributed by atoms with van der Waals surface area (Å²) in [5, 5.41) is 8.12. The third kappa shape index (κ3) is 3.19. The second kappa shape index (κ2) is 4.44. The van der Waals surface area contributed by atoms with Crippen LogP contribution >= 0.6 is 0 Å². The Kier molecular flexibility index (Phi) is 3.20. The number of aromatic nitrogens is 2. The van der Waals surface area contributed by atoms with Gasteiger partial charge in [-0.3, -0.25) is 4.99 Å². The summed E-state index contributed by atoms with van der Waals surface area (Å²) in [5.41, 5.74) is 8.73. The lowest BCUT2D eigenvalue weighted by atomic mass is 9.81. The second-order valence-electron chi connectivity index (χ2n) is 6.65. The number of rotatable bonds is 1. The minimum absolute atomic E-state index is 0.0675. The van der Waals surface area contributed by atoms with E-state index in [0.29, 0.717) is 5.82 Å². The molecular formula is C15H22N4. The van der Waals surface area contributed by atoms with Gasteiger partial charge < -0.3 is 5.73 Å². The van der Waals surface area contributed by atoms with E-state index in [2.05, 4.69) is 50.9 Å². The van der Waals surface area contributed by atoms with Crippen molar-refractivity contribution in [3.63, 3.8) is 0 Å². The summed E-state index contributed by atoms with van der Waals surface area (Å²) in [6.45, 7) is 10.8. The molecule has 1 aliphatic heterocycles. The largest absolute Gasteiger partial charge is 0.382 e. The van der Waals surface area contributed by atoms with Gasteiger partial charge in [-0.05, 0) is 31.6 Å². The molecular weight excluding hydrogens is 236 g/mol. The van der Waals surface area contributed by atoms with Gasteiger partial charge >= 0.3 is 0 Å². The minimum atomic E-state index is -0.195. The van der Waals surface area contributed by atoms with E-state index >= 15 is 0 Å². The Balaban J connectivity index is 2.38. The molecule has 0 bridgehead atoms. The zero-order chi connectivity index (χ0) is 14.3. The van der Waals surface area contributed by atoms with Crippen LogP contribution in [0.2, 0.25) is 0 Å². The lowest BCUT2D eigenvalue weighted by Crippen LogP contribution is -2.30. The molecule has 102 valence electrons. The van der Waals surface area contributed by atoms with Crippen molar-refractivity contribution in [1.82, 2.24) is 10.2 Å². The number of aliphatic imine (C=N–C) groups is 1. The van der Waals surface area contributed by atoms with Crippen LogP contribution in [0.1, 0.15) is 46.7 Å². The summed E-state index contributed by atoms with van der Waals surface area (Å²) in [5.74, 6) is 0.448. The Morgan fingerprint density at radius 2 is 1.84 bits per heavy atom. The van der Waals surface area contributed by atoms with Crippen molar-refractivity contribution in [3.8, 4) is 0 Å². The number of dihydropyridines is 1. The molecule has 0 spiro atoms. The van der Waals surface area contributed by atoms with Crippen LogP contribution in [0, 0.1) is 5.41 Å². The molecule has 2 rings (SSSR count). The van der Waals surface area contributed by atoms with Gasteiger partial charge in [0.15, 0.2) is 0 Å². The van der Waals surface area contributed by atoms with Crippen LogP contribution in [-0.2, 0) is 0 Å². The maximum absolute atomic E-state index is 5.59. The molecule has 0 radical (unpaired) electrons. The number of nitrogen functional groups attached to an aromatic ring is 1. The van der Waals surface area contributed by atoms with Crippen molar-refractivity contribution in [3.05, 3.63) is 23.9 Å². The SMILES string of the molecule is CC1(C)C=C(c2ccc(N)nn2)CC(C(C)(C)C)=N1. The molecule has 0 fully saturated rings. The number of nitrogens with two attached hydrogens (primary N) is 1.